The predicted octanol–water partition coefficient (Wildman–Crippen LogP) is -10.8. The van der Waals surface area contributed by atoms with E-state index in [2.05, 4.69) is 25.3 Å². The first-order chi connectivity index (χ1) is 6.36. The van der Waals surface area contributed by atoms with Gasteiger partial charge in [-0.1, -0.05) is 0 Å². The van der Waals surface area contributed by atoms with Crippen LogP contribution in [0.3, 0.4) is 0 Å². The fourth-order valence-electron chi connectivity index (χ4n) is 0.149. The molecular formula is C6H14N2Na2O5S2. The summed E-state index contributed by atoms with van der Waals surface area (Å²) in [6.07, 6.45) is 0. The smallest absolute Gasteiger partial charge is 0.548 e. The molecule has 0 aliphatic carbocycles. The van der Waals surface area contributed by atoms with E-state index in [0.29, 0.717) is 0 Å². The first-order valence-electron chi connectivity index (χ1n) is 3.51. The molecule has 2 atom stereocenters. The van der Waals surface area contributed by atoms with Crippen LogP contribution in [-0.4, -0.2) is 41.0 Å². The molecule has 0 fully saturated rings. The maximum atomic E-state index is 9.65. The third kappa shape index (κ3) is 23.1. The molecule has 0 aliphatic rings. The van der Waals surface area contributed by atoms with Crippen molar-refractivity contribution in [1.29, 1.82) is 0 Å². The Morgan fingerprint density at radius 1 is 0.941 bits per heavy atom. The largest absolute Gasteiger partial charge is 1.00 e. The van der Waals surface area contributed by atoms with Crippen molar-refractivity contribution in [3.8, 4) is 0 Å². The zero-order valence-electron chi connectivity index (χ0n) is 9.75. The van der Waals surface area contributed by atoms with Gasteiger partial charge in [-0.3, -0.25) is 0 Å². The second-order valence-corrected chi connectivity index (χ2v) is 2.95. The normalized spacial score (nSPS) is 11.1. The van der Waals surface area contributed by atoms with Gasteiger partial charge in [0.05, 0.1) is 24.0 Å². The van der Waals surface area contributed by atoms with Gasteiger partial charge in [0.25, 0.3) is 0 Å². The predicted molar refractivity (Wildman–Crippen MR) is 57.3 cm³/mol. The molecule has 0 bridgehead atoms. The molecule has 7 nitrogen and oxygen atoms in total. The molecule has 0 aromatic carbocycles. The van der Waals surface area contributed by atoms with E-state index in [4.69, 9.17) is 11.5 Å². The minimum atomic E-state index is -1.25. The number of hydrogen-bond acceptors (Lipinski definition) is 8. The molecule has 17 heavy (non-hydrogen) atoms. The van der Waals surface area contributed by atoms with Gasteiger partial charge in [-0.15, -0.1) is 0 Å². The van der Waals surface area contributed by atoms with Gasteiger partial charge >= 0.3 is 59.1 Å². The molecule has 0 amide bonds. The number of nitrogens with two attached hydrogens (primary N) is 2. The number of hydrogen-bond donors (Lipinski definition) is 4. The average Bonchev–Trinajstić information content (AvgIpc) is 2.15. The summed E-state index contributed by atoms with van der Waals surface area (Å²) < 4.78 is 0. The van der Waals surface area contributed by atoms with E-state index < -0.39 is 24.0 Å². The number of thiol groups is 2. The molecule has 0 aromatic rings. The summed E-state index contributed by atoms with van der Waals surface area (Å²) in [5, 5.41) is 19.3. The Morgan fingerprint density at radius 3 is 1.12 bits per heavy atom. The van der Waals surface area contributed by atoms with E-state index in [1.807, 2.05) is 0 Å². The molecule has 0 aromatic heterocycles. The summed E-state index contributed by atoms with van der Waals surface area (Å²) in [7, 11) is 0. The van der Waals surface area contributed by atoms with Crippen LogP contribution in [0.5, 0.6) is 0 Å². The van der Waals surface area contributed by atoms with Gasteiger partial charge in [0.1, 0.15) is 0 Å². The van der Waals surface area contributed by atoms with Gasteiger partial charge in [-0.25, -0.2) is 0 Å². The van der Waals surface area contributed by atoms with Crippen LogP contribution in [0.15, 0.2) is 0 Å². The van der Waals surface area contributed by atoms with Gasteiger partial charge in [0, 0.05) is 11.5 Å². The van der Waals surface area contributed by atoms with Gasteiger partial charge in [-0.2, -0.15) is 25.3 Å². The van der Waals surface area contributed by atoms with Crippen LogP contribution in [-0.2, 0) is 9.59 Å². The van der Waals surface area contributed by atoms with Crippen molar-refractivity contribution in [2.45, 2.75) is 12.1 Å². The second kappa shape index (κ2) is 19.9. The number of carbonyl (C=O) groups is 2. The van der Waals surface area contributed by atoms with Crippen LogP contribution in [0, 0.1) is 0 Å². The van der Waals surface area contributed by atoms with Crippen molar-refractivity contribution in [2.75, 3.05) is 11.5 Å². The maximum Gasteiger partial charge on any atom is 1.00 e. The standard InChI is InChI=1S/2C3H7NO2S.2Na.H2O/c2*4-2(1-7)3(5)6;;;/h2*2,7H,1,4H2,(H,5,6);;;1H2/q;;2*+1;/p-2/t2*2-;;;/m00.../s1. The summed E-state index contributed by atoms with van der Waals surface area (Å²) in [5.41, 5.74) is 9.75. The fourth-order valence-corrected chi connectivity index (χ4v) is 0.447. The topological polar surface area (TPSA) is 164 Å². The molecule has 92 valence electrons. The molecule has 11 heteroatoms. The molecule has 0 aliphatic heterocycles. The first-order valence-corrected chi connectivity index (χ1v) is 4.77. The molecule has 6 N–H and O–H groups in total. The molecule has 0 rings (SSSR count). The molecule has 0 unspecified atom stereocenters. The van der Waals surface area contributed by atoms with Crippen molar-refractivity contribution in [2.24, 2.45) is 11.5 Å². The van der Waals surface area contributed by atoms with Gasteiger partial charge in [0.15, 0.2) is 0 Å². The van der Waals surface area contributed by atoms with Crippen LogP contribution in [0.25, 0.3) is 0 Å². The van der Waals surface area contributed by atoms with Crippen molar-refractivity contribution < 1.29 is 84.4 Å². The summed E-state index contributed by atoms with van der Waals surface area (Å²) in [6.45, 7) is 0. The van der Waals surface area contributed by atoms with E-state index >= 15 is 0 Å². The van der Waals surface area contributed by atoms with Crippen molar-refractivity contribution in [3.63, 3.8) is 0 Å². The van der Waals surface area contributed by atoms with Crippen molar-refractivity contribution in [3.05, 3.63) is 0 Å². The Hall–Kier alpha value is 1.52. The number of carboxylic acids is 2. The number of carboxylic acid groups (broad SMARTS) is 2. The Labute approximate surface area is 155 Å². The van der Waals surface area contributed by atoms with Crippen molar-refractivity contribution >= 4 is 37.2 Å². The SMILES string of the molecule is N[C@@H](CS)C(=O)[O-].N[C@@H](CS)C(=O)[O-].O.[Na+].[Na+]. The quantitative estimate of drug-likeness (QED) is 0.297. The monoisotopic (exact) mass is 304 g/mol. The minimum absolute atomic E-state index is 0. The van der Waals surface area contributed by atoms with E-state index in [1.54, 1.807) is 0 Å². The average molecular weight is 304 g/mol. The molecule has 0 heterocycles. The zero-order valence-corrected chi connectivity index (χ0v) is 15.5. The Bertz CT molecular complexity index is 181. The second-order valence-electron chi connectivity index (χ2n) is 2.22. The first kappa shape index (κ1) is 31.1. The van der Waals surface area contributed by atoms with Crippen LogP contribution in [0.1, 0.15) is 0 Å². The number of rotatable bonds is 4. The summed E-state index contributed by atoms with van der Waals surface area (Å²) >= 11 is 7.22. The van der Waals surface area contributed by atoms with E-state index in [1.165, 1.54) is 0 Å². The Kier molecular flexibility index (Phi) is 36.3. The minimum Gasteiger partial charge on any atom is -0.548 e. The molecule has 0 saturated heterocycles. The molecule has 0 spiro atoms. The van der Waals surface area contributed by atoms with Crippen LogP contribution < -0.4 is 80.8 Å². The van der Waals surface area contributed by atoms with E-state index in [-0.39, 0.29) is 76.1 Å². The molecular weight excluding hydrogens is 290 g/mol. The van der Waals surface area contributed by atoms with E-state index in [9.17, 15) is 19.8 Å². The molecule has 0 radical (unpaired) electrons. The zero-order chi connectivity index (χ0) is 11.7. The third-order valence-electron chi connectivity index (χ3n) is 0.999. The van der Waals surface area contributed by atoms with Crippen LogP contribution in [0.4, 0.5) is 0 Å². The Balaban J connectivity index is -0.0000000480. The third-order valence-corrected chi connectivity index (χ3v) is 1.79. The van der Waals surface area contributed by atoms with Gasteiger partial charge < -0.3 is 36.7 Å². The van der Waals surface area contributed by atoms with E-state index in [0.717, 1.165) is 0 Å². The number of aliphatic carboxylic acids is 2. The summed E-state index contributed by atoms with van der Waals surface area (Å²) in [6, 6.07) is -1.85. The fraction of sp³-hybridized carbons (Fsp3) is 0.667. The van der Waals surface area contributed by atoms with Crippen LogP contribution >= 0.6 is 25.3 Å². The summed E-state index contributed by atoms with van der Waals surface area (Å²) in [5.74, 6) is -2.25. The number of carbonyl (C=O) groups excluding carboxylic acids is 2. The van der Waals surface area contributed by atoms with Gasteiger partial charge in [-0.05, 0) is 0 Å². The van der Waals surface area contributed by atoms with Crippen molar-refractivity contribution in [1.82, 2.24) is 0 Å². The maximum absolute atomic E-state index is 9.65. The Morgan fingerprint density at radius 2 is 1.12 bits per heavy atom. The summed E-state index contributed by atoms with van der Waals surface area (Å²) in [4.78, 5) is 19.3. The molecule has 0 saturated carbocycles. The van der Waals surface area contributed by atoms with Gasteiger partial charge in [0.2, 0.25) is 0 Å². The van der Waals surface area contributed by atoms with Crippen LogP contribution in [0.2, 0.25) is 0 Å².